The molecule has 4 heteroatoms. The van der Waals surface area contributed by atoms with Gasteiger partial charge in [-0.25, -0.2) is 4.98 Å². The number of aromatic nitrogens is 1. The minimum atomic E-state index is 0.791. The summed E-state index contributed by atoms with van der Waals surface area (Å²) in [6, 6.07) is 23.1. The van der Waals surface area contributed by atoms with Crippen LogP contribution < -0.4 is 5.43 Å². The highest BCUT2D eigenvalue weighted by molar-refractivity contribution is 7.14. The van der Waals surface area contributed by atoms with Crippen molar-refractivity contribution in [2.75, 3.05) is 5.43 Å². The van der Waals surface area contributed by atoms with Crippen LogP contribution in [0, 0.1) is 6.92 Å². The Balaban J connectivity index is 1.53. The lowest BCUT2D eigenvalue weighted by Gasteiger charge is -2.02. The molecular formula is C22H19N3S. The third-order valence-electron chi connectivity index (χ3n) is 4.34. The number of anilines is 1. The van der Waals surface area contributed by atoms with Crippen LogP contribution in [0.15, 0.2) is 77.2 Å². The predicted molar refractivity (Wildman–Crippen MR) is 112 cm³/mol. The van der Waals surface area contributed by atoms with E-state index in [2.05, 4.69) is 94.5 Å². The van der Waals surface area contributed by atoms with Gasteiger partial charge in [-0.05, 0) is 36.2 Å². The Labute approximate surface area is 157 Å². The number of fused-ring (bicyclic) bond motifs is 1. The molecule has 1 heterocycles. The third-order valence-corrected chi connectivity index (χ3v) is 5.08. The smallest absolute Gasteiger partial charge is 0.203 e. The van der Waals surface area contributed by atoms with Crippen LogP contribution >= 0.6 is 11.3 Å². The highest BCUT2D eigenvalue weighted by Crippen LogP contribution is 2.27. The molecule has 26 heavy (non-hydrogen) atoms. The van der Waals surface area contributed by atoms with E-state index in [1.54, 1.807) is 11.3 Å². The van der Waals surface area contributed by atoms with Crippen molar-refractivity contribution >= 4 is 33.0 Å². The van der Waals surface area contributed by atoms with Crippen molar-refractivity contribution in [3.63, 3.8) is 0 Å². The van der Waals surface area contributed by atoms with Crippen molar-refractivity contribution in [2.45, 2.75) is 13.8 Å². The molecule has 4 rings (SSSR count). The summed E-state index contributed by atoms with van der Waals surface area (Å²) in [6.45, 7) is 4.08. The molecular weight excluding hydrogens is 338 g/mol. The molecule has 0 aliphatic rings. The van der Waals surface area contributed by atoms with Crippen LogP contribution in [0.1, 0.15) is 18.1 Å². The minimum absolute atomic E-state index is 0.791. The van der Waals surface area contributed by atoms with Crippen molar-refractivity contribution < 1.29 is 0 Å². The minimum Gasteiger partial charge on any atom is -0.252 e. The summed E-state index contributed by atoms with van der Waals surface area (Å²) in [5.41, 5.74) is 8.45. The summed E-state index contributed by atoms with van der Waals surface area (Å²) >= 11 is 1.56. The second kappa shape index (κ2) is 7.10. The maximum atomic E-state index is 4.67. The Morgan fingerprint density at radius 2 is 1.73 bits per heavy atom. The van der Waals surface area contributed by atoms with Crippen LogP contribution in [0.2, 0.25) is 0 Å². The van der Waals surface area contributed by atoms with Gasteiger partial charge < -0.3 is 0 Å². The maximum Gasteiger partial charge on any atom is 0.203 e. The lowest BCUT2D eigenvalue weighted by molar-refractivity contribution is 1.27. The van der Waals surface area contributed by atoms with Gasteiger partial charge in [0.15, 0.2) is 0 Å². The predicted octanol–water partition coefficient (Wildman–Crippen LogP) is 6.11. The van der Waals surface area contributed by atoms with Crippen LogP contribution in [0.5, 0.6) is 0 Å². The molecule has 0 radical (unpaired) electrons. The van der Waals surface area contributed by atoms with Gasteiger partial charge in [0.25, 0.3) is 0 Å². The molecule has 0 spiro atoms. The van der Waals surface area contributed by atoms with Gasteiger partial charge in [0.1, 0.15) is 0 Å². The fraction of sp³-hybridized carbons (Fsp3) is 0.0909. The molecule has 0 atom stereocenters. The zero-order valence-electron chi connectivity index (χ0n) is 14.7. The van der Waals surface area contributed by atoms with E-state index >= 15 is 0 Å². The van der Waals surface area contributed by atoms with Gasteiger partial charge >= 0.3 is 0 Å². The van der Waals surface area contributed by atoms with Crippen molar-refractivity contribution in [3.05, 3.63) is 83.2 Å². The first-order valence-electron chi connectivity index (χ1n) is 8.51. The van der Waals surface area contributed by atoms with E-state index < -0.39 is 0 Å². The first-order chi connectivity index (χ1) is 12.7. The summed E-state index contributed by atoms with van der Waals surface area (Å²) in [5, 5.41) is 9.78. The van der Waals surface area contributed by atoms with E-state index in [-0.39, 0.29) is 0 Å². The van der Waals surface area contributed by atoms with Crippen LogP contribution in [0.4, 0.5) is 5.13 Å². The highest BCUT2D eigenvalue weighted by Gasteiger charge is 2.05. The van der Waals surface area contributed by atoms with Crippen LogP contribution in [-0.4, -0.2) is 10.7 Å². The fourth-order valence-corrected chi connectivity index (χ4v) is 3.46. The number of hydrazone groups is 1. The van der Waals surface area contributed by atoms with E-state index in [1.165, 1.54) is 16.3 Å². The van der Waals surface area contributed by atoms with E-state index in [9.17, 15) is 0 Å². The molecule has 3 aromatic carbocycles. The van der Waals surface area contributed by atoms with Crippen LogP contribution in [-0.2, 0) is 0 Å². The quantitative estimate of drug-likeness (QED) is 0.353. The Morgan fingerprint density at radius 1 is 0.962 bits per heavy atom. The summed E-state index contributed by atoms with van der Waals surface area (Å²) in [4.78, 5) is 4.67. The average molecular weight is 357 g/mol. The number of aryl methyl sites for hydroxylation is 1. The SMILES string of the molecule is C/C(=N\Nc1nc(-c2ccc3ccccc3c2)cs1)c1ccc(C)cc1. The second-order valence-corrected chi connectivity index (χ2v) is 7.13. The standard InChI is InChI=1S/C22H19N3S/c1-15-7-9-17(10-8-15)16(2)24-25-22-23-21(14-26-22)20-12-11-18-5-3-4-6-19(18)13-20/h3-14H,1-2H3,(H,23,25)/b24-16+. The van der Waals surface area contributed by atoms with Gasteiger partial charge in [-0.1, -0.05) is 66.2 Å². The molecule has 0 fully saturated rings. The van der Waals surface area contributed by atoms with Gasteiger partial charge in [0.2, 0.25) is 5.13 Å². The van der Waals surface area contributed by atoms with E-state index in [1.807, 2.05) is 6.92 Å². The lowest BCUT2D eigenvalue weighted by atomic mass is 10.1. The van der Waals surface area contributed by atoms with Crippen molar-refractivity contribution in [3.8, 4) is 11.3 Å². The summed E-state index contributed by atoms with van der Waals surface area (Å²) in [7, 11) is 0. The van der Waals surface area contributed by atoms with E-state index in [0.29, 0.717) is 0 Å². The number of hydrogen-bond acceptors (Lipinski definition) is 4. The molecule has 0 unspecified atom stereocenters. The highest BCUT2D eigenvalue weighted by atomic mass is 32.1. The Morgan fingerprint density at radius 3 is 2.54 bits per heavy atom. The molecule has 128 valence electrons. The van der Waals surface area contributed by atoms with E-state index in [0.717, 1.165) is 27.7 Å². The number of hydrogen-bond donors (Lipinski definition) is 1. The molecule has 0 aliphatic heterocycles. The zero-order valence-corrected chi connectivity index (χ0v) is 15.5. The molecule has 0 amide bonds. The van der Waals surface area contributed by atoms with Gasteiger partial charge in [0.05, 0.1) is 11.4 Å². The first kappa shape index (κ1) is 16.5. The van der Waals surface area contributed by atoms with Crippen molar-refractivity contribution in [2.24, 2.45) is 5.10 Å². The lowest BCUT2D eigenvalue weighted by Crippen LogP contribution is -1.99. The van der Waals surface area contributed by atoms with Crippen LogP contribution in [0.3, 0.4) is 0 Å². The molecule has 1 aromatic heterocycles. The largest absolute Gasteiger partial charge is 0.252 e. The number of nitrogens with zero attached hydrogens (tertiary/aromatic N) is 2. The monoisotopic (exact) mass is 357 g/mol. The van der Waals surface area contributed by atoms with E-state index in [4.69, 9.17) is 0 Å². The molecule has 0 saturated carbocycles. The number of rotatable bonds is 4. The second-order valence-electron chi connectivity index (χ2n) is 6.27. The maximum absolute atomic E-state index is 4.67. The summed E-state index contributed by atoms with van der Waals surface area (Å²) < 4.78 is 0. The molecule has 1 N–H and O–H groups in total. The van der Waals surface area contributed by atoms with Gasteiger partial charge in [0, 0.05) is 10.9 Å². The molecule has 4 aromatic rings. The molecule has 0 aliphatic carbocycles. The first-order valence-corrected chi connectivity index (χ1v) is 9.39. The molecule has 3 nitrogen and oxygen atoms in total. The topological polar surface area (TPSA) is 37.3 Å². The Kier molecular flexibility index (Phi) is 4.50. The molecule has 0 saturated heterocycles. The third kappa shape index (κ3) is 3.51. The summed E-state index contributed by atoms with van der Waals surface area (Å²) in [6.07, 6.45) is 0. The van der Waals surface area contributed by atoms with Gasteiger partial charge in [-0.3, -0.25) is 5.43 Å². The fourth-order valence-electron chi connectivity index (χ4n) is 2.80. The Bertz CT molecular complexity index is 1080. The van der Waals surface area contributed by atoms with Gasteiger partial charge in [-0.2, -0.15) is 5.10 Å². The average Bonchev–Trinajstić information content (AvgIpc) is 3.15. The number of nitrogens with one attached hydrogen (secondary N) is 1. The Hall–Kier alpha value is -2.98. The number of thiazole rings is 1. The van der Waals surface area contributed by atoms with Crippen LogP contribution in [0.25, 0.3) is 22.0 Å². The van der Waals surface area contributed by atoms with Crippen molar-refractivity contribution in [1.29, 1.82) is 0 Å². The normalized spacial score (nSPS) is 11.7. The molecule has 0 bridgehead atoms. The van der Waals surface area contributed by atoms with Gasteiger partial charge in [-0.15, -0.1) is 11.3 Å². The number of benzene rings is 3. The zero-order chi connectivity index (χ0) is 17.9. The summed E-state index contributed by atoms with van der Waals surface area (Å²) in [5.74, 6) is 0. The van der Waals surface area contributed by atoms with Crippen molar-refractivity contribution in [1.82, 2.24) is 4.98 Å².